The minimum Gasteiger partial charge on any atom is -0.497 e. The highest BCUT2D eigenvalue weighted by atomic mass is 16.5. The van der Waals surface area contributed by atoms with Crippen LogP contribution in [-0.4, -0.2) is 25.5 Å². The van der Waals surface area contributed by atoms with Gasteiger partial charge in [-0.2, -0.15) is 0 Å². The monoisotopic (exact) mass is 363 g/mol. The number of hydrogen-bond acceptors (Lipinski definition) is 5. The number of aromatic nitrogens is 1. The molecule has 0 aliphatic rings. The lowest BCUT2D eigenvalue weighted by Gasteiger charge is -2.25. The quantitative estimate of drug-likeness (QED) is 0.564. The molecule has 0 atom stereocenters. The van der Waals surface area contributed by atoms with Crippen molar-refractivity contribution in [2.45, 2.75) is 13.1 Å². The lowest BCUT2D eigenvalue weighted by molar-refractivity contribution is 0.112. The minimum absolute atomic E-state index is 0.282. The van der Waals surface area contributed by atoms with Crippen LogP contribution in [0.5, 0.6) is 11.5 Å². The summed E-state index contributed by atoms with van der Waals surface area (Å²) in [6, 6.07) is 18.8. The number of benzene rings is 2. The summed E-state index contributed by atoms with van der Waals surface area (Å²) in [6.07, 6.45) is 0.883. The molecule has 2 aromatic carbocycles. The van der Waals surface area contributed by atoms with Crippen LogP contribution < -0.4 is 14.4 Å². The van der Waals surface area contributed by atoms with Crippen molar-refractivity contribution < 1.29 is 15.6 Å². The van der Waals surface area contributed by atoms with Crippen molar-refractivity contribution in [2.75, 3.05) is 19.1 Å². The van der Waals surface area contributed by atoms with Gasteiger partial charge < -0.3 is 14.4 Å². The topological polar surface area (TPSA) is 51.7 Å². The number of ether oxygens (including phenoxy) is 2. The second-order valence-corrected chi connectivity index (χ2v) is 6.03. The highest BCUT2D eigenvalue weighted by Gasteiger charge is 2.14. The predicted octanol–water partition coefficient (Wildman–Crippen LogP) is 4.12. The van der Waals surface area contributed by atoms with E-state index in [1.807, 2.05) is 53.4 Å². The number of rotatable bonds is 8. The van der Waals surface area contributed by atoms with Crippen molar-refractivity contribution in [3.05, 3.63) is 83.6 Å². The Balaban J connectivity index is 1.93. The molecule has 0 aliphatic carbocycles. The molecule has 0 saturated heterocycles. The lowest BCUT2D eigenvalue weighted by Crippen LogP contribution is -2.24. The van der Waals surface area contributed by atoms with Crippen LogP contribution in [0, 0.1) is 0 Å². The first-order valence-corrected chi connectivity index (χ1v) is 8.57. The molecule has 5 nitrogen and oxygen atoms in total. The van der Waals surface area contributed by atoms with Crippen molar-refractivity contribution in [3.8, 4) is 11.5 Å². The highest BCUT2D eigenvalue weighted by Crippen LogP contribution is 2.23. The molecule has 0 aliphatic heterocycles. The van der Waals surface area contributed by atoms with Crippen molar-refractivity contribution in [1.29, 1.82) is 0 Å². The van der Waals surface area contributed by atoms with Gasteiger partial charge in [-0.25, -0.2) is 4.98 Å². The Morgan fingerprint density at radius 1 is 0.926 bits per heavy atom. The Hall–Kier alpha value is -3.34. The predicted molar refractivity (Wildman–Crippen MR) is 105 cm³/mol. The van der Waals surface area contributed by atoms with Gasteiger partial charge in [0.2, 0.25) is 0 Å². The number of anilines is 1. The van der Waals surface area contributed by atoms with Crippen LogP contribution in [-0.2, 0) is 13.1 Å². The van der Waals surface area contributed by atoms with E-state index in [2.05, 4.69) is 4.98 Å². The van der Waals surface area contributed by atoms with E-state index in [0.29, 0.717) is 18.9 Å². The molecule has 0 spiro atoms. The minimum atomic E-state index is -0.752. The molecule has 0 N–H and O–H groups in total. The summed E-state index contributed by atoms with van der Waals surface area (Å²) >= 11 is 0. The van der Waals surface area contributed by atoms with Crippen LogP contribution in [0.15, 0.2) is 66.9 Å². The van der Waals surface area contributed by atoms with Gasteiger partial charge in [0.05, 0.1) is 19.8 Å². The molecular weight excluding hydrogens is 340 g/mol. The van der Waals surface area contributed by atoms with Gasteiger partial charge in [0.1, 0.15) is 18.7 Å². The Morgan fingerprint density at radius 3 is 1.89 bits per heavy atom. The fourth-order valence-corrected chi connectivity index (χ4v) is 2.84. The maximum atomic E-state index is 11.8. The van der Waals surface area contributed by atoms with Gasteiger partial charge in [-0.1, -0.05) is 24.3 Å². The van der Waals surface area contributed by atoms with Gasteiger partial charge in [-0.05, 0) is 47.5 Å². The van der Waals surface area contributed by atoms with Crippen LogP contribution in [0.25, 0.3) is 0 Å². The Kier molecular flexibility index (Phi) is 5.60. The molecule has 1 heterocycles. The molecule has 0 amide bonds. The first-order chi connectivity index (χ1) is 13.6. The largest absolute Gasteiger partial charge is 0.497 e. The third-order valence-corrected chi connectivity index (χ3v) is 4.26. The van der Waals surface area contributed by atoms with E-state index in [-0.39, 0.29) is 5.56 Å². The van der Waals surface area contributed by atoms with Gasteiger partial charge in [0, 0.05) is 19.3 Å². The zero-order valence-corrected chi connectivity index (χ0v) is 15.4. The van der Waals surface area contributed by atoms with Crippen molar-refractivity contribution in [1.82, 2.24) is 4.98 Å². The van der Waals surface area contributed by atoms with E-state index in [4.69, 9.17) is 10.8 Å². The summed E-state index contributed by atoms with van der Waals surface area (Å²) in [6.45, 7) is 1.07. The third-order valence-electron chi connectivity index (χ3n) is 4.26. The third kappa shape index (κ3) is 4.64. The van der Waals surface area contributed by atoms with Crippen LogP contribution in [0.1, 0.15) is 22.9 Å². The maximum absolute atomic E-state index is 11.8. The molecule has 3 aromatic rings. The highest BCUT2D eigenvalue weighted by molar-refractivity contribution is 5.82. The first-order valence-electron chi connectivity index (χ1n) is 9.07. The second kappa shape index (κ2) is 8.85. The molecule has 0 fully saturated rings. The van der Waals surface area contributed by atoms with Gasteiger partial charge in [0.15, 0.2) is 6.26 Å². The Bertz CT molecular complexity index is 878. The molecule has 5 heteroatoms. The molecule has 0 unspecified atom stereocenters. The fraction of sp³-hybridized carbons (Fsp3) is 0.182. The van der Waals surface area contributed by atoms with Gasteiger partial charge in [0.25, 0.3) is 0 Å². The SMILES string of the molecule is [2H]C(=O)c1cccnc1N(Cc1ccc(OC)cc1)Cc1ccc(OC)cc1. The van der Waals surface area contributed by atoms with E-state index < -0.39 is 6.26 Å². The van der Waals surface area contributed by atoms with Crippen molar-refractivity contribution >= 4 is 12.1 Å². The average Bonchev–Trinajstić information content (AvgIpc) is 2.74. The Morgan fingerprint density at radius 2 is 1.44 bits per heavy atom. The normalized spacial score (nSPS) is 10.8. The van der Waals surface area contributed by atoms with Gasteiger partial charge in [-0.3, -0.25) is 4.79 Å². The lowest BCUT2D eigenvalue weighted by atomic mass is 10.1. The van der Waals surface area contributed by atoms with E-state index >= 15 is 0 Å². The van der Waals surface area contributed by atoms with E-state index in [1.165, 1.54) is 0 Å². The molecule has 1 aromatic heterocycles. The standard InChI is InChI=1S/C22H22N2O3/c1-26-20-9-5-17(6-10-20)14-24(22-19(16-25)4-3-13-23-22)15-18-7-11-21(27-2)12-8-18/h3-13,16H,14-15H2,1-2H3/i16D. The number of carbonyl (C=O) groups excluding carboxylic acids is 1. The zero-order chi connectivity index (χ0) is 19.9. The van der Waals surface area contributed by atoms with E-state index in [0.717, 1.165) is 22.6 Å². The molecule has 0 saturated carbocycles. The molecule has 0 bridgehead atoms. The molecule has 3 rings (SSSR count). The van der Waals surface area contributed by atoms with Crippen molar-refractivity contribution in [3.63, 3.8) is 0 Å². The summed E-state index contributed by atoms with van der Waals surface area (Å²) < 4.78 is 18.0. The number of nitrogens with zero attached hydrogens (tertiary/aromatic N) is 2. The number of methoxy groups -OCH3 is 2. The summed E-state index contributed by atoms with van der Waals surface area (Å²) in [4.78, 5) is 18.2. The molecule has 0 radical (unpaired) electrons. The first kappa shape index (κ1) is 17.1. The number of aldehydes is 1. The summed E-state index contributed by atoms with van der Waals surface area (Å²) in [5, 5.41) is 0. The van der Waals surface area contributed by atoms with E-state index in [9.17, 15) is 4.79 Å². The van der Waals surface area contributed by atoms with Gasteiger partial charge >= 0.3 is 0 Å². The Labute approximate surface area is 160 Å². The molecule has 27 heavy (non-hydrogen) atoms. The smallest absolute Gasteiger partial charge is 0.153 e. The maximum Gasteiger partial charge on any atom is 0.153 e. The number of pyridine rings is 1. The van der Waals surface area contributed by atoms with Crippen LogP contribution in [0.2, 0.25) is 0 Å². The van der Waals surface area contributed by atoms with Crippen LogP contribution >= 0.6 is 0 Å². The average molecular weight is 363 g/mol. The van der Waals surface area contributed by atoms with Crippen molar-refractivity contribution in [2.24, 2.45) is 0 Å². The van der Waals surface area contributed by atoms with Crippen LogP contribution in [0.4, 0.5) is 5.82 Å². The number of hydrogen-bond donors (Lipinski definition) is 0. The second-order valence-electron chi connectivity index (χ2n) is 6.03. The molecular formula is C22H22N2O3. The zero-order valence-electron chi connectivity index (χ0n) is 16.4. The van der Waals surface area contributed by atoms with Crippen LogP contribution in [0.3, 0.4) is 0 Å². The fourth-order valence-electron chi connectivity index (χ4n) is 2.84. The molecule has 138 valence electrons. The summed E-state index contributed by atoms with van der Waals surface area (Å²) in [5.74, 6) is 2.06. The van der Waals surface area contributed by atoms with Gasteiger partial charge in [-0.15, -0.1) is 0 Å². The van der Waals surface area contributed by atoms with E-state index in [1.54, 1.807) is 32.5 Å². The summed E-state index contributed by atoms with van der Waals surface area (Å²) in [7, 11) is 3.26. The summed E-state index contributed by atoms with van der Waals surface area (Å²) in [5.41, 5.74) is 2.37. The number of carbonyl (C=O) groups is 1.